The molecule has 3 N–H and O–H groups in total. The van der Waals surface area contributed by atoms with Crippen molar-refractivity contribution in [2.75, 3.05) is 26.2 Å². The van der Waals surface area contributed by atoms with Gasteiger partial charge in [0, 0.05) is 32.2 Å². The molecule has 1 aromatic heterocycles. The summed E-state index contributed by atoms with van der Waals surface area (Å²) in [7, 11) is 0. The number of furan rings is 1. The zero-order chi connectivity index (χ0) is 19.8. The molecule has 1 fully saturated rings. The highest BCUT2D eigenvalue weighted by Gasteiger charge is 2.20. The maximum atomic E-state index is 13.0. The third-order valence-corrected chi connectivity index (χ3v) is 4.89. The highest BCUT2D eigenvalue weighted by atomic mass is 127. The van der Waals surface area contributed by atoms with E-state index in [4.69, 9.17) is 4.42 Å². The number of likely N-dealkylation sites (tertiary alicyclic amines) is 1. The van der Waals surface area contributed by atoms with Crippen molar-refractivity contribution >= 4 is 29.9 Å². The van der Waals surface area contributed by atoms with Gasteiger partial charge in [-0.3, -0.25) is 9.89 Å². The summed E-state index contributed by atoms with van der Waals surface area (Å²) in [5.74, 6) is 1.04. The Balaban J connectivity index is 0.00000300. The van der Waals surface area contributed by atoms with Gasteiger partial charge in [-0.1, -0.05) is 12.1 Å². The molecule has 3 rings (SSSR count). The van der Waals surface area contributed by atoms with Crippen LogP contribution in [0.25, 0.3) is 0 Å². The van der Waals surface area contributed by atoms with Crippen LogP contribution in [-0.2, 0) is 6.54 Å². The van der Waals surface area contributed by atoms with E-state index in [9.17, 15) is 9.50 Å². The van der Waals surface area contributed by atoms with Crippen LogP contribution in [-0.4, -0.2) is 48.2 Å². The summed E-state index contributed by atoms with van der Waals surface area (Å²) in [5, 5.41) is 16.8. The van der Waals surface area contributed by atoms with E-state index >= 15 is 0 Å². The summed E-state index contributed by atoms with van der Waals surface area (Å²) in [6, 6.07) is 10.6. The van der Waals surface area contributed by atoms with Crippen molar-refractivity contribution in [3.63, 3.8) is 0 Å². The average Bonchev–Trinajstić information content (AvgIpc) is 3.24. The van der Waals surface area contributed by atoms with E-state index in [1.165, 1.54) is 12.1 Å². The summed E-state index contributed by atoms with van der Waals surface area (Å²) in [6.45, 7) is 5.81. The number of benzene rings is 1. The lowest BCUT2D eigenvalue weighted by atomic mass is 10.0. The molecule has 1 saturated heterocycles. The lowest BCUT2D eigenvalue weighted by Crippen LogP contribution is -2.48. The molecular weight excluding hydrogens is 486 g/mol. The molecule has 1 aliphatic rings. The van der Waals surface area contributed by atoms with Crippen LogP contribution < -0.4 is 10.6 Å². The van der Waals surface area contributed by atoms with Crippen molar-refractivity contribution in [1.29, 1.82) is 0 Å². The van der Waals surface area contributed by atoms with Crippen LogP contribution in [0.4, 0.5) is 4.39 Å². The van der Waals surface area contributed by atoms with Crippen LogP contribution >= 0.6 is 24.0 Å². The smallest absolute Gasteiger partial charge is 0.191 e. The van der Waals surface area contributed by atoms with Crippen molar-refractivity contribution in [1.82, 2.24) is 15.5 Å². The second kappa shape index (κ2) is 12.1. The Morgan fingerprint density at radius 2 is 2.00 bits per heavy atom. The molecule has 2 heterocycles. The van der Waals surface area contributed by atoms with Crippen molar-refractivity contribution in [2.24, 2.45) is 4.99 Å². The number of aliphatic hydroxyl groups is 1. The molecule has 0 bridgehead atoms. The van der Waals surface area contributed by atoms with E-state index in [1.54, 1.807) is 18.4 Å². The molecule has 1 unspecified atom stereocenters. The second-order valence-electron chi connectivity index (χ2n) is 7.07. The zero-order valence-corrected chi connectivity index (χ0v) is 19.0. The number of aliphatic hydroxyl groups excluding tert-OH is 1. The molecule has 0 spiro atoms. The summed E-state index contributed by atoms with van der Waals surface area (Å²) in [5.41, 5.74) is 1.13. The first kappa shape index (κ1) is 23.6. The van der Waals surface area contributed by atoms with Gasteiger partial charge in [0.15, 0.2) is 5.96 Å². The standard InChI is InChI=1S/C21H29FN4O2.HI/c1-2-23-21(24-14-19(27)20-4-3-13-28-20)25-18-9-11-26(12-10-18)15-16-5-7-17(22)8-6-16;/h3-8,13,18-19,27H,2,9-12,14-15H2,1H3,(H2,23,24,25);1H. The summed E-state index contributed by atoms with van der Waals surface area (Å²) >= 11 is 0. The SMILES string of the molecule is CCNC(=NCC(O)c1ccco1)NC1CCN(Cc2ccc(F)cc2)CC1.I. The zero-order valence-electron chi connectivity index (χ0n) is 16.7. The number of guanidine groups is 1. The maximum absolute atomic E-state index is 13.0. The molecule has 1 aromatic carbocycles. The molecule has 0 saturated carbocycles. The van der Waals surface area contributed by atoms with Gasteiger partial charge in [-0.25, -0.2) is 4.39 Å². The first-order chi connectivity index (χ1) is 13.6. The largest absolute Gasteiger partial charge is 0.467 e. The monoisotopic (exact) mass is 516 g/mol. The second-order valence-corrected chi connectivity index (χ2v) is 7.07. The molecule has 0 aliphatic carbocycles. The number of nitrogens with one attached hydrogen (secondary N) is 2. The predicted molar refractivity (Wildman–Crippen MR) is 123 cm³/mol. The molecule has 1 aliphatic heterocycles. The van der Waals surface area contributed by atoms with Gasteiger partial charge in [0.1, 0.15) is 17.7 Å². The lowest BCUT2D eigenvalue weighted by molar-refractivity contribution is 0.158. The quantitative estimate of drug-likeness (QED) is 0.300. The molecular formula is C21H30FIN4O2. The molecule has 6 nitrogen and oxygen atoms in total. The summed E-state index contributed by atoms with van der Waals surface area (Å²) in [4.78, 5) is 6.88. The van der Waals surface area contributed by atoms with Crippen molar-refractivity contribution in [3.8, 4) is 0 Å². The van der Waals surface area contributed by atoms with Crippen LogP contribution in [0, 0.1) is 5.82 Å². The molecule has 160 valence electrons. The highest BCUT2D eigenvalue weighted by Crippen LogP contribution is 2.15. The van der Waals surface area contributed by atoms with Crippen LogP contribution in [0.1, 0.15) is 37.2 Å². The van der Waals surface area contributed by atoms with Gasteiger partial charge in [-0.2, -0.15) is 0 Å². The Morgan fingerprint density at radius 3 is 2.62 bits per heavy atom. The number of rotatable bonds is 7. The van der Waals surface area contributed by atoms with E-state index in [0.29, 0.717) is 17.8 Å². The number of aliphatic imine (C=N–C) groups is 1. The minimum atomic E-state index is -0.747. The van der Waals surface area contributed by atoms with Gasteiger partial charge < -0.3 is 20.2 Å². The van der Waals surface area contributed by atoms with E-state index in [0.717, 1.165) is 44.6 Å². The topological polar surface area (TPSA) is 73.0 Å². The van der Waals surface area contributed by atoms with E-state index in [-0.39, 0.29) is 36.3 Å². The van der Waals surface area contributed by atoms with Crippen molar-refractivity contribution < 1.29 is 13.9 Å². The molecule has 1 atom stereocenters. The molecule has 0 radical (unpaired) electrons. The number of piperidine rings is 1. The first-order valence-corrected chi connectivity index (χ1v) is 9.87. The van der Waals surface area contributed by atoms with Gasteiger partial charge in [-0.15, -0.1) is 24.0 Å². The Bertz CT molecular complexity index is 732. The number of nitrogens with zero attached hydrogens (tertiary/aromatic N) is 2. The van der Waals surface area contributed by atoms with Gasteiger partial charge in [0.2, 0.25) is 0 Å². The van der Waals surface area contributed by atoms with Crippen LogP contribution in [0.5, 0.6) is 0 Å². The molecule has 8 heteroatoms. The fourth-order valence-corrected chi connectivity index (χ4v) is 3.35. The summed E-state index contributed by atoms with van der Waals surface area (Å²) in [6.07, 6.45) is 2.81. The Labute approximate surface area is 188 Å². The van der Waals surface area contributed by atoms with Crippen molar-refractivity contribution in [2.45, 2.75) is 38.5 Å². The molecule has 29 heavy (non-hydrogen) atoms. The van der Waals surface area contributed by atoms with Crippen LogP contribution in [0.2, 0.25) is 0 Å². The Hall–Kier alpha value is -1.65. The molecule has 2 aromatic rings. The van der Waals surface area contributed by atoms with Gasteiger partial charge in [-0.05, 0) is 49.6 Å². The first-order valence-electron chi connectivity index (χ1n) is 9.87. The number of hydrogen-bond acceptors (Lipinski definition) is 4. The third kappa shape index (κ3) is 7.60. The predicted octanol–water partition coefficient (Wildman–Crippen LogP) is 3.29. The van der Waals surface area contributed by atoms with Gasteiger partial charge >= 0.3 is 0 Å². The van der Waals surface area contributed by atoms with Crippen LogP contribution in [0.15, 0.2) is 52.1 Å². The lowest BCUT2D eigenvalue weighted by Gasteiger charge is -2.33. The maximum Gasteiger partial charge on any atom is 0.191 e. The molecule has 0 amide bonds. The van der Waals surface area contributed by atoms with Gasteiger partial charge in [0.05, 0.1) is 12.8 Å². The fraction of sp³-hybridized carbons (Fsp3) is 0.476. The normalized spacial score (nSPS) is 16.9. The van der Waals surface area contributed by atoms with Crippen molar-refractivity contribution in [3.05, 3.63) is 59.8 Å². The fourth-order valence-electron chi connectivity index (χ4n) is 3.35. The Morgan fingerprint density at radius 1 is 1.28 bits per heavy atom. The number of halogens is 2. The van der Waals surface area contributed by atoms with E-state index < -0.39 is 6.10 Å². The third-order valence-electron chi connectivity index (χ3n) is 4.89. The minimum Gasteiger partial charge on any atom is -0.467 e. The van der Waals surface area contributed by atoms with E-state index in [1.807, 2.05) is 19.1 Å². The Kier molecular flexibility index (Phi) is 9.89. The van der Waals surface area contributed by atoms with Gasteiger partial charge in [0.25, 0.3) is 0 Å². The highest BCUT2D eigenvalue weighted by molar-refractivity contribution is 14.0. The van der Waals surface area contributed by atoms with Crippen LogP contribution in [0.3, 0.4) is 0 Å². The van der Waals surface area contributed by atoms with E-state index in [2.05, 4.69) is 20.5 Å². The minimum absolute atomic E-state index is 0. The summed E-state index contributed by atoms with van der Waals surface area (Å²) < 4.78 is 18.3. The average molecular weight is 516 g/mol. The number of hydrogen-bond donors (Lipinski definition) is 3.